The zero-order valence-corrected chi connectivity index (χ0v) is 21.2. The van der Waals surface area contributed by atoms with Crippen LogP contribution in [0.5, 0.6) is 5.75 Å². The maximum atomic E-state index is 13.6. The number of nitrogens with zero attached hydrogens (tertiary/aromatic N) is 7. The second-order valence-electron chi connectivity index (χ2n) is 8.62. The lowest BCUT2D eigenvalue weighted by Gasteiger charge is -2.15. The third-order valence-corrected chi connectivity index (χ3v) is 5.68. The second-order valence-corrected chi connectivity index (χ2v) is 8.62. The highest BCUT2D eigenvalue weighted by molar-refractivity contribution is 6.09. The number of para-hydroxylation sites is 2. The molecule has 3 N–H and O–H groups in total. The molecule has 0 saturated carbocycles. The topological polar surface area (TPSA) is 164 Å². The first kappa shape index (κ1) is 27.8. The lowest BCUT2D eigenvalue weighted by molar-refractivity contribution is -0.147. The first-order valence-corrected chi connectivity index (χ1v) is 11.9. The Morgan fingerprint density at radius 1 is 1.15 bits per heavy atom. The van der Waals surface area contributed by atoms with E-state index in [-0.39, 0.29) is 39.6 Å². The van der Waals surface area contributed by atoms with Crippen molar-refractivity contribution in [2.75, 3.05) is 11.9 Å². The van der Waals surface area contributed by atoms with E-state index in [1.165, 1.54) is 30.3 Å². The molecule has 2 heterocycles. The monoisotopic (exact) mass is 553 g/mol. The molecule has 0 spiro atoms. The summed E-state index contributed by atoms with van der Waals surface area (Å²) in [5.41, 5.74) is 0.696. The summed E-state index contributed by atoms with van der Waals surface area (Å²) in [7, 11) is 0. The number of nitriles is 1. The van der Waals surface area contributed by atoms with Crippen molar-refractivity contribution in [3.05, 3.63) is 76.4 Å². The maximum absolute atomic E-state index is 13.6. The molecule has 2 aromatic heterocycles. The molecule has 0 saturated heterocycles. The Balaban J connectivity index is 1.77. The highest BCUT2D eigenvalue weighted by atomic mass is 19.4. The van der Waals surface area contributed by atoms with Crippen molar-refractivity contribution in [2.45, 2.75) is 33.0 Å². The normalized spacial score (nSPS) is 11.2. The van der Waals surface area contributed by atoms with Gasteiger partial charge >= 0.3 is 6.18 Å². The van der Waals surface area contributed by atoms with Gasteiger partial charge in [0.1, 0.15) is 17.1 Å². The zero-order valence-electron chi connectivity index (χ0n) is 21.2. The number of rotatable bonds is 8. The van der Waals surface area contributed by atoms with Gasteiger partial charge in [-0.2, -0.15) is 23.5 Å². The molecule has 0 atom stereocenters. The van der Waals surface area contributed by atoms with E-state index >= 15 is 0 Å². The molecule has 0 radical (unpaired) electrons. The van der Waals surface area contributed by atoms with Crippen LogP contribution in [0.25, 0.3) is 5.69 Å². The standard InChI is InChI=1S/C25H22F3N9O3/c1-3-8-30-22(39)17-10-15(12-29)9-14(2)21(17)31-23(40)19-11-16(13-36-24(25(26,27)28)32-34-35-36)33-37(19)18-6-4-5-7-20(18)38/h4-7,9-11,38H,3,8,13H2,1-2H3,(H,30,39)(H,31,40). The van der Waals surface area contributed by atoms with Crippen LogP contribution in [0.2, 0.25) is 0 Å². The van der Waals surface area contributed by atoms with Gasteiger partial charge < -0.3 is 15.7 Å². The lowest BCUT2D eigenvalue weighted by Crippen LogP contribution is -2.27. The fourth-order valence-electron chi connectivity index (χ4n) is 3.87. The lowest BCUT2D eigenvalue weighted by atomic mass is 10.0. The zero-order chi connectivity index (χ0) is 29.0. The van der Waals surface area contributed by atoms with Crippen molar-refractivity contribution < 1.29 is 27.9 Å². The highest BCUT2D eigenvalue weighted by Gasteiger charge is 2.38. The molecule has 2 aromatic carbocycles. The smallest absolute Gasteiger partial charge is 0.453 e. The van der Waals surface area contributed by atoms with Gasteiger partial charge in [-0.25, -0.2) is 9.36 Å². The molecule has 0 fully saturated rings. The van der Waals surface area contributed by atoms with E-state index in [4.69, 9.17) is 0 Å². The third kappa shape index (κ3) is 5.75. The van der Waals surface area contributed by atoms with Gasteiger partial charge in [-0.15, -0.1) is 5.10 Å². The summed E-state index contributed by atoms with van der Waals surface area (Å²) in [4.78, 5) is 26.4. The largest absolute Gasteiger partial charge is 0.506 e. The predicted molar refractivity (Wildman–Crippen MR) is 134 cm³/mol. The summed E-state index contributed by atoms with van der Waals surface area (Å²) in [5, 5.41) is 38.9. The third-order valence-electron chi connectivity index (χ3n) is 5.68. The number of phenols is 1. The Kier molecular flexibility index (Phi) is 7.80. The first-order chi connectivity index (χ1) is 19.0. The van der Waals surface area contributed by atoms with Crippen LogP contribution in [0.4, 0.5) is 18.9 Å². The summed E-state index contributed by atoms with van der Waals surface area (Å²) in [6.07, 6.45) is -4.17. The van der Waals surface area contributed by atoms with Crippen molar-refractivity contribution in [3.63, 3.8) is 0 Å². The Labute approximate surface area is 225 Å². The van der Waals surface area contributed by atoms with Crippen molar-refractivity contribution in [2.24, 2.45) is 0 Å². The van der Waals surface area contributed by atoms with Gasteiger partial charge in [0, 0.05) is 6.54 Å². The van der Waals surface area contributed by atoms with E-state index in [9.17, 15) is 33.1 Å². The van der Waals surface area contributed by atoms with Crippen LogP contribution in [0.15, 0.2) is 42.5 Å². The molecule has 0 unspecified atom stereocenters. The summed E-state index contributed by atoms with van der Waals surface area (Å²) in [6, 6.07) is 12.0. The molecule has 0 aliphatic rings. The number of benzene rings is 2. The van der Waals surface area contributed by atoms with Gasteiger partial charge in [0.15, 0.2) is 0 Å². The quantitative estimate of drug-likeness (QED) is 0.299. The minimum absolute atomic E-state index is 0.0244. The van der Waals surface area contributed by atoms with Gasteiger partial charge in [0.25, 0.3) is 17.6 Å². The number of carbonyl (C=O) groups excluding carboxylic acids is 2. The number of aryl methyl sites for hydroxylation is 1. The van der Waals surface area contributed by atoms with E-state index in [2.05, 4.69) is 31.3 Å². The molecule has 2 amide bonds. The van der Waals surface area contributed by atoms with Crippen LogP contribution in [0, 0.1) is 18.3 Å². The molecule has 0 aliphatic carbocycles. The van der Waals surface area contributed by atoms with Gasteiger partial charge in [0.05, 0.1) is 35.1 Å². The molecule has 0 bridgehead atoms. The van der Waals surface area contributed by atoms with Crippen molar-refractivity contribution in [3.8, 4) is 17.5 Å². The summed E-state index contributed by atoms with van der Waals surface area (Å²) in [6.45, 7) is 3.30. The van der Waals surface area contributed by atoms with E-state index < -0.39 is 30.4 Å². The van der Waals surface area contributed by atoms with Crippen molar-refractivity contribution in [1.82, 2.24) is 35.3 Å². The fraction of sp³-hybridized carbons (Fsp3) is 0.240. The second kappa shape index (κ2) is 11.2. The number of anilines is 1. The Hall–Kier alpha value is -5.26. The van der Waals surface area contributed by atoms with Gasteiger partial charge in [-0.1, -0.05) is 19.1 Å². The molecule has 4 aromatic rings. The van der Waals surface area contributed by atoms with E-state index in [0.717, 1.165) is 4.68 Å². The number of hydrogen-bond donors (Lipinski definition) is 3. The fourth-order valence-corrected chi connectivity index (χ4v) is 3.87. The van der Waals surface area contributed by atoms with E-state index in [1.807, 2.05) is 13.0 Å². The Morgan fingerprint density at radius 3 is 2.58 bits per heavy atom. The number of phenolic OH excluding ortho intramolecular Hbond substituents is 1. The number of carbonyl (C=O) groups is 2. The predicted octanol–water partition coefficient (Wildman–Crippen LogP) is 3.20. The summed E-state index contributed by atoms with van der Waals surface area (Å²) >= 11 is 0. The number of hydrogen-bond acceptors (Lipinski definition) is 8. The van der Waals surface area contributed by atoms with Crippen LogP contribution in [0.1, 0.15) is 56.8 Å². The Bertz CT molecular complexity index is 1620. The number of tetrazole rings is 1. The van der Waals surface area contributed by atoms with Crippen LogP contribution in [-0.2, 0) is 12.7 Å². The van der Waals surface area contributed by atoms with Gasteiger partial charge in [-0.05, 0) is 59.7 Å². The molecular formula is C25H22F3N9O3. The van der Waals surface area contributed by atoms with Crippen LogP contribution < -0.4 is 10.6 Å². The average Bonchev–Trinajstić information content (AvgIpc) is 3.56. The molecule has 0 aliphatic heterocycles. The molecule has 40 heavy (non-hydrogen) atoms. The number of nitrogens with one attached hydrogen (secondary N) is 2. The first-order valence-electron chi connectivity index (χ1n) is 11.9. The van der Waals surface area contributed by atoms with Crippen molar-refractivity contribution >= 4 is 17.5 Å². The Morgan fingerprint density at radius 2 is 1.90 bits per heavy atom. The molecule has 15 heteroatoms. The highest BCUT2D eigenvalue weighted by Crippen LogP contribution is 2.29. The SMILES string of the molecule is CCCNC(=O)c1cc(C#N)cc(C)c1NC(=O)c1cc(Cn2nnnc2C(F)(F)F)nn1-c1ccccc1O. The minimum atomic E-state index is -4.83. The molecule has 206 valence electrons. The number of halogens is 3. The van der Waals surface area contributed by atoms with E-state index in [1.54, 1.807) is 19.1 Å². The summed E-state index contributed by atoms with van der Waals surface area (Å²) < 4.78 is 41.4. The minimum Gasteiger partial charge on any atom is -0.506 e. The summed E-state index contributed by atoms with van der Waals surface area (Å²) in [5.74, 6) is -2.90. The molecular weight excluding hydrogens is 531 g/mol. The maximum Gasteiger partial charge on any atom is 0.453 e. The molecule has 4 rings (SSSR count). The number of amides is 2. The van der Waals surface area contributed by atoms with E-state index in [0.29, 0.717) is 23.2 Å². The van der Waals surface area contributed by atoms with Gasteiger partial charge in [0.2, 0.25) is 0 Å². The van der Waals surface area contributed by atoms with Crippen LogP contribution >= 0.6 is 0 Å². The number of aromatic hydroxyl groups is 1. The van der Waals surface area contributed by atoms with Crippen LogP contribution in [-0.4, -0.2) is 53.5 Å². The van der Waals surface area contributed by atoms with Gasteiger partial charge in [-0.3, -0.25) is 9.59 Å². The average molecular weight is 554 g/mol. The number of aromatic nitrogens is 6. The number of alkyl halides is 3. The molecule has 12 nitrogen and oxygen atoms in total. The van der Waals surface area contributed by atoms with Crippen LogP contribution in [0.3, 0.4) is 0 Å². The van der Waals surface area contributed by atoms with Crippen molar-refractivity contribution in [1.29, 1.82) is 5.26 Å².